The molecule has 0 bridgehead atoms. The molecule has 0 aromatic heterocycles. The Kier molecular flexibility index (Phi) is 4.56. The van der Waals surface area contributed by atoms with Gasteiger partial charge in [0.25, 0.3) is 5.91 Å². The number of rotatable bonds is 5. The number of para-hydroxylation sites is 1. The van der Waals surface area contributed by atoms with Gasteiger partial charge in [-0.25, -0.2) is 0 Å². The van der Waals surface area contributed by atoms with E-state index in [0.717, 1.165) is 0 Å². The first kappa shape index (κ1) is 14.6. The number of nitrogens with zero attached hydrogens (tertiary/aromatic N) is 1. The van der Waals surface area contributed by atoms with Crippen LogP contribution >= 0.6 is 0 Å². The second-order valence-electron chi connectivity index (χ2n) is 4.56. The van der Waals surface area contributed by atoms with E-state index in [-0.39, 0.29) is 18.9 Å². The number of hydrogen-bond donors (Lipinski definition) is 2. The lowest BCUT2D eigenvalue weighted by molar-refractivity contribution is -0.136. The van der Waals surface area contributed by atoms with Crippen LogP contribution in [0.1, 0.15) is 16.8 Å². The maximum absolute atomic E-state index is 12.6. The molecule has 21 heavy (non-hydrogen) atoms. The van der Waals surface area contributed by atoms with E-state index in [1.54, 1.807) is 48.5 Å². The maximum Gasteiger partial charge on any atom is 0.305 e. The van der Waals surface area contributed by atoms with E-state index in [9.17, 15) is 9.59 Å². The van der Waals surface area contributed by atoms with Crippen LogP contribution in [0, 0.1) is 0 Å². The van der Waals surface area contributed by atoms with E-state index in [1.165, 1.54) is 4.90 Å². The zero-order valence-electron chi connectivity index (χ0n) is 11.4. The molecule has 0 atom stereocenters. The summed E-state index contributed by atoms with van der Waals surface area (Å²) in [5, 5.41) is 8.84. The molecule has 3 N–H and O–H groups in total. The van der Waals surface area contributed by atoms with Gasteiger partial charge in [0, 0.05) is 23.5 Å². The number of carboxylic acid groups (broad SMARTS) is 1. The molecule has 5 heteroatoms. The summed E-state index contributed by atoms with van der Waals surface area (Å²) in [5.74, 6) is -1.19. The van der Waals surface area contributed by atoms with E-state index in [1.807, 2.05) is 6.07 Å². The van der Waals surface area contributed by atoms with Gasteiger partial charge in [0.05, 0.1) is 6.42 Å². The zero-order chi connectivity index (χ0) is 15.2. The number of nitrogen functional groups attached to an aromatic ring is 1. The highest BCUT2D eigenvalue weighted by Gasteiger charge is 2.18. The van der Waals surface area contributed by atoms with Crippen molar-refractivity contribution in [3.8, 4) is 0 Å². The lowest BCUT2D eigenvalue weighted by Crippen LogP contribution is -2.33. The van der Waals surface area contributed by atoms with Gasteiger partial charge in [-0.2, -0.15) is 0 Å². The van der Waals surface area contributed by atoms with Crippen LogP contribution in [-0.2, 0) is 4.79 Å². The van der Waals surface area contributed by atoms with Crippen molar-refractivity contribution in [1.29, 1.82) is 0 Å². The van der Waals surface area contributed by atoms with Gasteiger partial charge in [-0.05, 0) is 36.4 Å². The Hall–Kier alpha value is -2.82. The molecule has 2 rings (SSSR count). The van der Waals surface area contributed by atoms with Crippen molar-refractivity contribution in [1.82, 2.24) is 0 Å². The first-order valence-corrected chi connectivity index (χ1v) is 6.52. The Bertz CT molecular complexity index is 624. The van der Waals surface area contributed by atoms with Crippen LogP contribution in [0.4, 0.5) is 11.4 Å². The molecule has 0 saturated heterocycles. The standard InChI is InChI=1S/C16H16N2O3/c17-13-8-6-12(7-9-13)16(21)18(11-10-15(19)20)14-4-2-1-3-5-14/h1-9H,10-11,17H2,(H,19,20). The van der Waals surface area contributed by atoms with E-state index in [4.69, 9.17) is 10.8 Å². The fraction of sp³-hybridized carbons (Fsp3) is 0.125. The van der Waals surface area contributed by atoms with Gasteiger partial charge in [-0.3, -0.25) is 9.59 Å². The molecule has 2 aromatic carbocycles. The van der Waals surface area contributed by atoms with E-state index in [2.05, 4.69) is 0 Å². The lowest BCUT2D eigenvalue weighted by atomic mass is 10.1. The summed E-state index contributed by atoms with van der Waals surface area (Å²) in [7, 11) is 0. The molecular formula is C16H16N2O3. The van der Waals surface area contributed by atoms with Crippen LogP contribution in [0.25, 0.3) is 0 Å². The van der Waals surface area contributed by atoms with Crippen LogP contribution < -0.4 is 10.6 Å². The Morgan fingerprint density at radius 3 is 2.19 bits per heavy atom. The Balaban J connectivity index is 2.28. The van der Waals surface area contributed by atoms with Crippen molar-refractivity contribution in [2.75, 3.05) is 17.2 Å². The average molecular weight is 284 g/mol. The molecule has 2 aromatic rings. The number of carboxylic acids is 1. The molecule has 0 fully saturated rings. The summed E-state index contributed by atoms with van der Waals surface area (Å²) in [6, 6.07) is 15.6. The summed E-state index contributed by atoms with van der Waals surface area (Å²) < 4.78 is 0. The van der Waals surface area contributed by atoms with Crippen LogP contribution in [-0.4, -0.2) is 23.5 Å². The van der Waals surface area contributed by atoms with Gasteiger partial charge < -0.3 is 15.7 Å². The van der Waals surface area contributed by atoms with Crippen molar-refractivity contribution in [2.24, 2.45) is 0 Å². The highest BCUT2D eigenvalue weighted by molar-refractivity contribution is 6.06. The number of aliphatic carboxylic acids is 1. The highest BCUT2D eigenvalue weighted by atomic mass is 16.4. The molecule has 0 aliphatic rings. The molecule has 0 radical (unpaired) electrons. The normalized spacial score (nSPS) is 10.1. The third-order valence-corrected chi connectivity index (χ3v) is 3.02. The van der Waals surface area contributed by atoms with Gasteiger partial charge in [0.2, 0.25) is 0 Å². The van der Waals surface area contributed by atoms with E-state index < -0.39 is 5.97 Å². The number of carbonyl (C=O) groups is 2. The first-order chi connectivity index (χ1) is 10.1. The number of hydrogen-bond acceptors (Lipinski definition) is 3. The molecule has 5 nitrogen and oxygen atoms in total. The fourth-order valence-electron chi connectivity index (χ4n) is 1.94. The van der Waals surface area contributed by atoms with Crippen LogP contribution in [0.15, 0.2) is 54.6 Å². The summed E-state index contributed by atoms with van der Waals surface area (Å²) in [6.45, 7) is 0.114. The smallest absolute Gasteiger partial charge is 0.305 e. The van der Waals surface area contributed by atoms with Gasteiger partial charge >= 0.3 is 5.97 Å². The molecule has 108 valence electrons. The van der Waals surface area contributed by atoms with Crippen molar-refractivity contribution in [3.63, 3.8) is 0 Å². The van der Waals surface area contributed by atoms with Gasteiger partial charge in [0.1, 0.15) is 0 Å². The third-order valence-electron chi connectivity index (χ3n) is 3.02. The first-order valence-electron chi connectivity index (χ1n) is 6.52. The predicted molar refractivity (Wildman–Crippen MR) is 81.2 cm³/mol. The second kappa shape index (κ2) is 6.56. The molecular weight excluding hydrogens is 268 g/mol. The Morgan fingerprint density at radius 2 is 1.62 bits per heavy atom. The summed E-state index contributed by atoms with van der Waals surface area (Å²) in [5.41, 5.74) is 7.32. The summed E-state index contributed by atoms with van der Waals surface area (Å²) >= 11 is 0. The number of nitrogens with two attached hydrogens (primary N) is 1. The van der Waals surface area contributed by atoms with Gasteiger partial charge in [0.15, 0.2) is 0 Å². The molecule has 0 aliphatic heterocycles. The molecule has 0 aliphatic carbocycles. The van der Waals surface area contributed by atoms with Crippen LogP contribution in [0.3, 0.4) is 0 Å². The predicted octanol–water partition coefficient (Wildman–Crippen LogP) is 2.39. The number of amides is 1. The second-order valence-corrected chi connectivity index (χ2v) is 4.56. The fourth-order valence-corrected chi connectivity index (χ4v) is 1.94. The summed E-state index contributed by atoms with van der Waals surface area (Å²) in [6.07, 6.45) is -0.115. The van der Waals surface area contributed by atoms with Crippen molar-refractivity contribution < 1.29 is 14.7 Å². The zero-order valence-corrected chi connectivity index (χ0v) is 11.4. The molecule has 1 amide bonds. The maximum atomic E-state index is 12.6. The monoisotopic (exact) mass is 284 g/mol. The minimum Gasteiger partial charge on any atom is -0.481 e. The average Bonchev–Trinajstić information content (AvgIpc) is 2.49. The molecule has 0 heterocycles. The van der Waals surface area contributed by atoms with Crippen molar-refractivity contribution in [2.45, 2.75) is 6.42 Å². The highest BCUT2D eigenvalue weighted by Crippen LogP contribution is 2.18. The van der Waals surface area contributed by atoms with Crippen molar-refractivity contribution >= 4 is 23.3 Å². The minimum absolute atomic E-state index is 0.114. The Labute approximate surface area is 122 Å². The molecule has 0 saturated carbocycles. The number of anilines is 2. The minimum atomic E-state index is -0.943. The van der Waals surface area contributed by atoms with Crippen molar-refractivity contribution in [3.05, 3.63) is 60.2 Å². The third kappa shape index (κ3) is 3.82. The van der Waals surface area contributed by atoms with E-state index in [0.29, 0.717) is 16.9 Å². The largest absolute Gasteiger partial charge is 0.481 e. The SMILES string of the molecule is Nc1ccc(C(=O)N(CCC(=O)O)c2ccccc2)cc1. The van der Waals surface area contributed by atoms with Crippen LogP contribution in [0.5, 0.6) is 0 Å². The number of carbonyl (C=O) groups excluding carboxylic acids is 1. The van der Waals surface area contributed by atoms with Gasteiger partial charge in [-0.1, -0.05) is 18.2 Å². The van der Waals surface area contributed by atoms with Crippen LogP contribution in [0.2, 0.25) is 0 Å². The van der Waals surface area contributed by atoms with Gasteiger partial charge in [-0.15, -0.1) is 0 Å². The lowest BCUT2D eigenvalue weighted by Gasteiger charge is -2.22. The topological polar surface area (TPSA) is 83.6 Å². The molecule has 0 unspecified atom stereocenters. The molecule has 0 spiro atoms. The number of benzene rings is 2. The van der Waals surface area contributed by atoms with E-state index >= 15 is 0 Å². The summed E-state index contributed by atoms with van der Waals surface area (Å²) in [4.78, 5) is 24.8. The Morgan fingerprint density at radius 1 is 1.00 bits per heavy atom. The quantitative estimate of drug-likeness (QED) is 0.826.